The second-order valence-corrected chi connectivity index (χ2v) is 6.67. The Kier molecular flexibility index (Phi) is 8.15. The van der Waals surface area contributed by atoms with Crippen LogP contribution in [0.25, 0.3) is 0 Å². The zero-order valence-electron chi connectivity index (χ0n) is 13.7. The molecule has 1 amide bonds. The first-order valence-electron chi connectivity index (χ1n) is 8.07. The summed E-state index contributed by atoms with van der Waals surface area (Å²) in [4.78, 5) is 14.3. The van der Waals surface area contributed by atoms with Gasteiger partial charge in [-0.05, 0) is 24.7 Å². The van der Waals surface area contributed by atoms with Crippen molar-refractivity contribution >= 4 is 5.91 Å². The number of carbonyl (C=O) groups excluding carboxylic acids is 1. The quantitative estimate of drug-likeness (QED) is 0.743. The molecule has 1 heterocycles. The largest absolute Gasteiger partial charge is 0.379 e. The Morgan fingerprint density at radius 3 is 2.35 bits per heavy atom. The summed E-state index contributed by atoms with van der Waals surface area (Å²) in [6.45, 7) is 13.2. The minimum absolute atomic E-state index is 0.195. The highest BCUT2D eigenvalue weighted by molar-refractivity contribution is 5.75. The smallest absolute Gasteiger partial charge is 0.220 e. The minimum Gasteiger partial charge on any atom is -0.379 e. The first-order valence-corrected chi connectivity index (χ1v) is 8.07. The zero-order valence-corrected chi connectivity index (χ0v) is 13.7. The summed E-state index contributed by atoms with van der Waals surface area (Å²) < 4.78 is 5.42. The Morgan fingerprint density at radius 1 is 1.15 bits per heavy atom. The molecule has 0 aromatic carbocycles. The number of nitrogens with one attached hydrogen (secondary N) is 1. The fourth-order valence-electron chi connectivity index (χ4n) is 2.59. The molecule has 0 radical (unpaired) electrons. The molecule has 0 aromatic heterocycles. The lowest BCUT2D eigenvalue weighted by Gasteiger charge is -2.35. The van der Waals surface area contributed by atoms with Crippen molar-refractivity contribution in [2.75, 3.05) is 32.8 Å². The SMILES string of the molecule is CC(C)CCC(=O)NCC(CC(C)C)N1CCOCC1. The van der Waals surface area contributed by atoms with Crippen LogP contribution in [0.3, 0.4) is 0 Å². The van der Waals surface area contributed by atoms with Crippen LogP contribution >= 0.6 is 0 Å². The zero-order chi connectivity index (χ0) is 15.0. The first kappa shape index (κ1) is 17.4. The lowest BCUT2D eigenvalue weighted by atomic mass is 10.0. The van der Waals surface area contributed by atoms with E-state index >= 15 is 0 Å². The summed E-state index contributed by atoms with van der Waals surface area (Å²) >= 11 is 0. The van der Waals surface area contributed by atoms with Gasteiger partial charge in [0.2, 0.25) is 5.91 Å². The Labute approximate surface area is 124 Å². The van der Waals surface area contributed by atoms with Gasteiger partial charge in [0.1, 0.15) is 0 Å². The van der Waals surface area contributed by atoms with Crippen LogP contribution in [0.1, 0.15) is 47.0 Å². The van der Waals surface area contributed by atoms with Gasteiger partial charge in [0.05, 0.1) is 13.2 Å². The van der Waals surface area contributed by atoms with E-state index < -0.39 is 0 Å². The van der Waals surface area contributed by atoms with Crippen LogP contribution in [-0.4, -0.2) is 49.7 Å². The fourth-order valence-corrected chi connectivity index (χ4v) is 2.59. The Morgan fingerprint density at radius 2 is 1.80 bits per heavy atom. The van der Waals surface area contributed by atoms with Gasteiger partial charge in [-0.1, -0.05) is 27.7 Å². The molecule has 1 unspecified atom stereocenters. The Bertz CT molecular complexity index is 274. The second kappa shape index (κ2) is 9.35. The molecule has 1 rings (SSSR count). The van der Waals surface area contributed by atoms with Crippen molar-refractivity contribution in [1.29, 1.82) is 0 Å². The van der Waals surface area contributed by atoms with Gasteiger partial charge in [-0.3, -0.25) is 9.69 Å². The minimum atomic E-state index is 0.195. The average molecular weight is 284 g/mol. The molecule has 1 saturated heterocycles. The third-order valence-electron chi connectivity index (χ3n) is 3.79. The van der Waals surface area contributed by atoms with Gasteiger partial charge in [0.25, 0.3) is 0 Å². The van der Waals surface area contributed by atoms with E-state index in [9.17, 15) is 4.79 Å². The van der Waals surface area contributed by atoms with Gasteiger partial charge in [0.15, 0.2) is 0 Å². The predicted octanol–water partition coefficient (Wildman–Crippen LogP) is 2.29. The van der Waals surface area contributed by atoms with Crippen molar-refractivity contribution in [2.24, 2.45) is 11.8 Å². The second-order valence-electron chi connectivity index (χ2n) is 6.67. The van der Waals surface area contributed by atoms with E-state index in [2.05, 4.69) is 37.9 Å². The van der Waals surface area contributed by atoms with Gasteiger partial charge in [0, 0.05) is 32.1 Å². The standard InChI is InChI=1S/C16H32N2O2/c1-13(2)5-6-16(19)17-12-15(11-14(3)4)18-7-9-20-10-8-18/h13-15H,5-12H2,1-4H3,(H,17,19). The van der Waals surface area contributed by atoms with E-state index in [0.29, 0.717) is 24.3 Å². The number of carbonyl (C=O) groups is 1. The maximum Gasteiger partial charge on any atom is 0.220 e. The summed E-state index contributed by atoms with van der Waals surface area (Å²) in [5, 5.41) is 3.12. The molecule has 4 nitrogen and oxygen atoms in total. The number of morpholine rings is 1. The van der Waals surface area contributed by atoms with Crippen molar-refractivity contribution < 1.29 is 9.53 Å². The fraction of sp³-hybridized carbons (Fsp3) is 0.938. The molecule has 1 fully saturated rings. The third kappa shape index (κ3) is 7.25. The molecule has 1 N–H and O–H groups in total. The summed E-state index contributed by atoms with van der Waals surface area (Å²) in [7, 11) is 0. The summed E-state index contributed by atoms with van der Waals surface area (Å²) in [5.74, 6) is 1.43. The van der Waals surface area contributed by atoms with E-state index in [4.69, 9.17) is 4.74 Å². The maximum absolute atomic E-state index is 11.9. The molecular formula is C16H32N2O2. The number of ether oxygens (including phenoxy) is 1. The molecule has 0 spiro atoms. The summed E-state index contributed by atoms with van der Waals surface area (Å²) in [6.07, 6.45) is 2.75. The van der Waals surface area contributed by atoms with Gasteiger partial charge < -0.3 is 10.1 Å². The van der Waals surface area contributed by atoms with Crippen LogP contribution in [0.2, 0.25) is 0 Å². The van der Waals surface area contributed by atoms with Crippen LogP contribution in [0.4, 0.5) is 0 Å². The molecule has 0 aromatic rings. The van der Waals surface area contributed by atoms with Crippen LogP contribution in [0, 0.1) is 11.8 Å². The molecule has 0 aliphatic carbocycles. The van der Waals surface area contributed by atoms with E-state index in [-0.39, 0.29) is 5.91 Å². The Balaban J connectivity index is 2.37. The molecule has 1 aliphatic heterocycles. The normalized spacial score (nSPS) is 18.5. The van der Waals surface area contributed by atoms with Crippen LogP contribution in [-0.2, 0) is 9.53 Å². The molecule has 4 heteroatoms. The van der Waals surface area contributed by atoms with Crippen LogP contribution < -0.4 is 5.32 Å². The van der Waals surface area contributed by atoms with Gasteiger partial charge in [-0.2, -0.15) is 0 Å². The van der Waals surface area contributed by atoms with Crippen molar-refractivity contribution in [3.05, 3.63) is 0 Å². The lowest BCUT2D eigenvalue weighted by molar-refractivity contribution is -0.121. The van der Waals surface area contributed by atoms with Crippen LogP contribution in [0.5, 0.6) is 0 Å². The topological polar surface area (TPSA) is 41.6 Å². The Hall–Kier alpha value is -0.610. The number of nitrogens with zero attached hydrogens (tertiary/aromatic N) is 1. The van der Waals surface area contributed by atoms with E-state index in [1.54, 1.807) is 0 Å². The van der Waals surface area contributed by atoms with Gasteiger partial charge >= 0.3 is 0 Å². The van der Waals surface area contributed by atoms with Gasteiger partial charge in [-0.15, -0.1) is 0 Å². The molecule has 1 aliphatic rings. The average Bonchev–Trinajstić information content (AvgIpc) is 2.41. The number of rotatable bonds is 8. The lowest BCUT2D eigenvalue weighted by Crippen LogP contribution is -2.49. The van der Waals surface area contributed by atoms with Crippen molar-refractivity contribution in [3.8, 4) is 0 Å². The van der Waals surface area contributed by atoms with E-state index in [0.717, 1.165) is 45.7 Å². The van der Waals surface area contributed by atoms with Crippen molar-refractivity contribution in [1.82, 2.24) is 10.2 Å². The maximum atomic E-state index is 11.9. The van der Waals surface area contributed by atoms with E-state index in [1.165, 1.54) is 0 Å². The monoisotopic (exact) mass is 284 g/mol. The molecule has 20 heavy (non-hydrogen) atoms. The van der Waals surface area contributed by atoms with Gasteiger partial charge in [-0.25, -0.2) is 0 Å². The number of hydrogen-bond donors (Lipinski definition) is 1. The highest BCUT2D eigenvalue weighted by Crippen LogP contribution is 2.13. The van der Waals surface area contributed by atoms with Crippen molar-refractivity contribution in [3.63, 3.8) is 0 Å². The molecule has 0 saturated carbocycles. The van der Waals surface area contributed by atoms with Crippen LogP contribution in [0.15, 0.2) is 0 Å². The molecular weight excluding hydrogens is 252 g/mol. The number of amides is 1. The predicted molar refractivity (Wildman–Crippen MR) is 82.7 cm³/mol. The van der Waals surface area contributed by atoms with Crippen molar-refractivity contribution in [2.45, 2.75) is 53.0 Å². The van der Waals surface area contributed by atoms with E-state index in [1.807, 2.05) is 0 Å². The number of hydrogen-bond acceptors (Lipinski definition) is 3. The first-order chi connectivity index (χ1) is 9.49. The molecule has 0 bridgehead atoms. The highest BCUT2D eigenvalue weighted by atomic mass is 16.5. The third-order valence-corrected chi connectivity index (χ3v) is 3.79. The highest BCUT2D eigenvalue weighted by Gasteiger charge is 2.22. The molecule has 1 atom stereocenters. The summed E-state index contributed by atoms with van der Waals surface area (Å²) in [6, 6.07) is 0.446. The summed E-state index contributed by atoms with van der Waals surface area (Å²) in [5.41, 5.74) is 0. The molecule has 118 valence electrons.